The predicted molar refractivity (Wildman–Crippen MR) is 69.6 cm³/mol. The second-order valence-electron chi connectivity index (χ2n) is 4.62. The first-order chi connectivity index (χ1) is 7.54. The van der Waals surface area contributed by atoms with Gasteiger partial charge < -0.3 is 10.6 Å². The van der Waals surface area contributed by atoms with Crippen LogP contribution in [0.25, 0.3) is 0 Å². The average Bonchev–Trinajstić information content (AvgIpc) is 2.28. The lowest BCUT2D eigenvalue weighted by atomic mass is 10.1. The van der Waals surface area contributed by atoms with Gasteiger partial charge in [0.2, 0.25) is 0 Å². The van der Waals surface area contributed by atoms with E-state index in [2.05, 4.69) is 36.8 Å². The minimum Gasteiger partial charge on any atom is -0.373 e. The van der Waals surface area contributed by atoms with Crippen LogP contribution in [0.1, 0.15) is 38.9 Å². The topological polar surface area (TPSA) is 42.1 Å². The van der Waals surface area contributed by atoms with Crippen LogP contribution in [0.15, 0.2) is 18.3 Å². The Morgan fingerprint density at radius 1 is 1.38 bits per heavy atom. The minimum absolute atomic E-state index is 0.00826. The lowest BCUT2D eigenvalue weighted by Crippen LogP contribution is -2.23. The molecule has 0 bridgehead atoms. The molecule has 0 saturated carbocycles. The van der Waals surface area contributed by atoms with Crippen molar-refractivity contribution in [2.45, 2.75) is 33.2 Å². The molecule has 0 spiro atoms. The summed E-state index contributed by atoms with van der Waals surface area (Å²) in [7, 11) is 2.11. The Bertz CT molecular complexity index is 305. The lowest BCUT2D eigenvalue weighted by Gasteiger charge is -2.22. The van der Waals surface area contributed by atoms with Gasteiger partial charge in [0.1, 0.15) is 0 Å². The molecule has 0 radical (unpaired) electrons. The Morgan fingerprint density at radius 2 is 2.06 bits per heavy atom. The van der Waals surface area contributed by atoms with E-state index < -0.39 is 0 Å². The van der Waals surface area contributed by atoms with Crippen LogP contribution in [-0.2, 0) is 0 Å². The molecule has 0 aliphatic rings. The van der Waals surface area contributed by atoms with Crippen molar-refractivity contribution in [2.75, 3.05) is 18.5 Å². The highest BCUT2D eigenvalue weighted by Gasteiger charge is 2.07. The number of aromatic nitrogens is 1. The van der Waals surface area contributed by atoms with Crippen molar-refractivity contribution >= 4 is 5.69 Å². The molecule has 0 amide bonds. The third kappa shape index (κ3) is 3.49. The fourth-order valence-corrected chi connectivity index (χ4v) is 1.59. The third-order valence-corrected chi connectivity index (χ3v) is 2.96. The summed E-state index contributed by atoms with van der Waals surface area (Å²) >= 11 is 0. The highest BCUT2D eigenvalue weighted by Crippen LogP contribution is 2.16. The summed E-state index contributed by atoms with van der Waals surface area (Å²) in [4.78, 5) is 6.61. The molecule has 2 N–H and O–H groups in total. The summed E-state index contributed by atoms with van der Waals surface area (Å²) in [6.45, 7) is 7.50. The van der Waals surface area contributed by atoms with Gasteiger partial charge in [0.15, 0.2) is 0 Å². The molecule has 1 unspecified atom stereocenters. The standard InChI is InChI=1S/C13H23N3/c1-5-10(2)9-16(4)12-6-7-13(11(3)14)15-8-12/h6-8,10-11H,5,9,14H2,1-4H3/t10?,11-/m1/s1. The first kappa shape index (κ1) is 13.0. The van der Waals surface area contributed by atoms with Crippen LogP contribution in [0.5, 0.6) is 0 Å². The maximum Gasteiger partial charge on any atom is 0.0569 e. The summed E-state index contributed by atoms with van der Waals surface area (Å²) < 4.78 is 0. The molecule has 3 heteroatoms. The number of anilines is 1. The highest BCUT2D eigenvalue weighted by molar-refractivity contribution is 5.43. The van der Waals surface area contributed by atoms with E-state index in [0.717, 1.165) is 17.9 Å². The largest absolute Gasteiger partial charge is 0.373 e. The molecule has 16 heavy (non-hydrogen) atoms. The Morgan fingerprint density at radius 3 is 2.50 bits per heavy atom. The summed E-state index contributed by atoms with van der Waals surface area (Å²) in [6.07, 6.45) is 3.11. The van der Waals surface area contributed by atoms with Crippen molar-refractivity contribution in [2.24, 2.45) is 11.7 Å². The Hall–Kier alpha value is -1.09. The molecular formula is C13H23N3. The van der Waals surface area contributed by atoms with Gasteiger partial charge >= 0.3 is 0 Å². The SMILES string of the molecule is CCC(C)CN(C)c1ccc([C@@H](C)N)nc1. The van der Waals surface area contributed by atoms with Crippen molar-refractivity contribution in [3.05, 3.63) is 24.0 Å². The molecule has 0 saturated heterocycles. The van der Waals surface area contributed by atoms with Crippen molar-refractivity contribution < 1.29 is 0 Å². The normalized spacial score (nSPS) is 14.6. The Labute approximate surface area is 98.7 Å². The number of rotatable bonds is 5. The number of pyridine rings is 1. The van der Waals surface area contributed by atoms with Crippen LogP contribution in [0.2, 0.25) is 0 Å². The van der Waals surface area contributed by atoms with Gasteiger partial charge in [-0.3, -0.25) is 4.98 Å². The predicted octanol–water partition coefficient (Wildman–Crippen LogP) is 2.58. The van der Waals surface area contributed by atoms with Gasteiger partial charge in [-0.25, -0.2) is 0 Å². The van der Waals surface area contributed by atoms with Gasteiger partial charge in [0.25, 0.3) is 0 Å². The maximum absolute atomic E-state index is 5.77. The highest BCUT2D eigenvalue weighted by atomic mass is 15.1. The minimum atomic E-state index is 0.00826. The molecule has 0 aliphatic carbocycles. The van der Waals surface area contributed by atoms with Gasteiger partial charge in [-0.15, -0.1) is 0 Å². The van der Waals surface area contributed by atoms with Crippen molar-refractivity contribution in [3.8, 4) is 0 Å². The van der Waals surface area contributed by atoms with E-state index in [-0.39, 0.29) is 6.04 Å². The quantitative estimate of drug-likeness (QED) is 0.831. The molecule has 90 valence electrons. The van der Waals surface area contributed by atoms with Gasteiger partial charge in [-0.1, -0.05) is 20.3 Å². The van der Waals surface area contributed by atoms with Gasteiger partial charge in [0, 0.05) is 19.6 Å². The summed E-state index contributed by atoms with van der Waals surface area (Å²) in [6, 6.07) is 4.11. The van der Waals surface area contributed by atoms with Crippen molar-refractivity contribution in [1.82, 2.24) is 4.98 Å². The van der Waals surface area contributed by atoms with Gasteiger partial charge in [-0.05, 0) is 25.0 Å². The third-order valence-electron chi connectivity index (χ3n) is 2.96. The second kappa shape index (κ2) is 5.85. The molecule has 1 heterocycles. The number of nitrogens with zero attached hydrogens (tertiary/aromatic N) is 2. The average molecular weight is 221 g/mol. The fourth-order valence-electron chi connectivity index (χ4n) is 1.59. The van der Waals surface area contributed by atoms with E-state index in [4.69, 9.17) is 5.73 Å². The van der Waals surface area contributed by atoms with E-state index in [0.29, 0.717) is 5.92 Å². The summed E-state index contributed by atoms with van der Waals surface area (Å²) in [5.41, 5.74) is 7.87. The first-order valence-corrected chi connectivity index (χ1v) is 5.97. The van der Waals surface area contributed by atoms with E-state index in [9.17, 15) is 0 Å². The van der Waals surface area contributed by atoms with Gasteiger partial charge in [0.05, 0.1) is 17.6 Å². The zero-order valence-corrected chi connectivity index (χ0v) is 10.8. The molecule has 3 nitrogen and oxygen atoms in total. The van der Waals surface area contributed by atoms with E-state index >= 15 is 0 Å². The van der Waals surface area contributed by atoms with Gasteiger partial charge in [-0.2, -0.15) is 0 Å². The molecule has 0 aliphatic heterocycles. The van der Waals surface area contributed by atoms with Crippen LogP contribution in [0.3, 0.4) is 0 Å². The van der Waals surface area contributed by atoms with Crippen LogP contribution in [-0.4, -0.2) is 18.6 Å². The van der Waals surface area contributed by atoms with Crippen LogP contribution in [0.4, 0.5) is 5.69 Å². The Balaban J connectivity index is 2.66. The number of nitrogens with two attached hydrogens (primary N) is 1. The molecule has 1 aromatic heterocycles. The zero-order chi connectivity index (χ0) is 12.1. The monoisotopic (exact) mass is 221 g/mol. The smallest absolute Gasteiger partial charge is 0.0569 e. The molecule has 0 fully saturated rings. The molecule has 1 aromatic rings. The van der Waals surface area contributed by atoms with E-state index in [1.54, 1.807) is 0 Å². The molecule has 2 atom stereocenters. The molecule has 1 rings (SSSR count). The Kier molecular flexibility index (Phi) is 4.74. The van der Waals surface area contributed by atoms with Crippen LogP contribution >= 0.6 is 0 Å². The van der Waals surface area contributed by atoms with E-state index in [1.165, 1.54) is 6.42 Å². The zero-order valence-electron chi connectivity index (χ0n) is 10.8. The second-order valence-corrected chi connectivity index (χ2v) is 4.62. The summed E-state index contributed by atoms with van der Waals surface area (Å²) in [5.74, 6) is 0.707. The molecular weight excluding hydrogens is 198 g/mol. The van der Waals surface area contributed by atoms with Crippen LogP contribution < -0.4 is 10.6 Å². The van der Waals surface area contributed by atoms with Crippen molar-refractivity contribution in [1.29, 1.82) is 0 Å². The molecule has 0 aromatic carbocycles. The maximum atomic E-state index is 5.77. The summed E-state index contributed by atoms with van der Waals surface area (Å²) in [5, 5.41) is 0. The van der Waals surface area contributed by atoms with Crippen molar-refractivity contribution in [3.63, 3.8) is 0 Å². The number of hydrogen-bond donors (Lipinski definition) is 1. The van der Waals surface area contributed by atoms with Crippen LogP contribution in [0, 0.1) is 5.92 Å². The lowest BCUT2D eigenvalue weighted by molar-refractivity contribution is 0.559. The first-order valence-electron chi connectivity index (χ1n) is 5.97. The number of hydrogen-bond acceptors (Lipinski definition) is 3. The fraction of sp³-hybridized carbons (Fsp3) is 0.615. The van der Waals surface area contributed by atoms with E-state index in [1.807, 2.05) is 19.2 Å².